The van der Waals surface area contributed by atoms with Gasteiger partial charge in [-0.1, -0.05) is 20.8 Å². The van der Waals surface area contributed by atoms with Crippen LogP contribution in [0.15, 0.2) is 0 Å². The van der Waals surface area contributed by atoms with Gasteiger partial charge in [-0.25, -0.2) is 0 Å². The van der Waals surface area contributed by atoms with Gasteiger partial charge in [-0.05, 0) is 5.41 Å². The highest BCUT2D eigenvalue weighted by Gasteiger charge is 2.15. The first kappa shape index (κ1) is 16.7. The van der Waals surface area contributed by atoms with Crippen molar-refractivity contribution in [1.29, 1.82) is 0 Å². The number of amides is 1. The van der Waals surface area contributed by atoms with Crippen LogP contribution < -0.4 is 10.6 Å². The maximum Gasteiger partial charge on any atom is 0.220 e. The van der Waals surface area contributed by atoms with E-state index in [-0.39, 0.29) is 23.7 Å². The molecule has 1 saturated heterocycles. The zero-order valence-electron chi connectivity index (χ0n) is 11.2. The normalized spacial score (nSPS) is 17.4. The van der Waals surface area contributed by atoms with Crippen molar-refractivity contribution >= 4 is 18.3 Å². The van der Waals surface area contributed by atoms with Gasteiger partial charge in [-0.15, -0.1) is 12.4 Å². The van der Waals surface area contributed by atoms with Crippen molar-refractivity contribution < 1.29 is 4.79 Å². The molecule has 17 heavy (non-hydrogen) atoms. The first-order valence-corrected chi connectivity index (χ1v) is 6.17. The van der Waals surface area contributed by atoms with Gasteiger partial charge in [-0.3, -0.25) is 9.69 Å². The molecule has 0 aromatic carbocycles. The Labute approximate surface area is 111 Å². The standard InChI is InChI=1S/C12H25N3O.ClH/c1-12(2,3)10-11(16)14-6-9-15-7-4-13-5-8-15;/h13H,4-10H2,1-3H3,(H,14,16);1H. The van der Waals surface area contributed by atoms with E-state index in [9.17, 15) is 4.79 Å². The van der Waals surface area contributed by atoms with Crippen LogP contribution in [0, 0.1) is 5.41 Å². The molecule has 0 aromatic rings. The number of rotatable bonds is 4. The molecule has 0 aromatic heterocycles. The van der Waals surface area contributed by atoms with E-state index < -0.39 is 0 Å². The molecule has 1 heterocycles. The quantitative estimate of drug-likeness (QED) is 0.791. The van der Waals surface area contributed by atoms with E-state index >= 15 is 0 Å². The predicted molar refractivity (Wildman–Crippen MR) is 73.6 cm³/mol. The molecular weight excluding hydrogens is 238 g/mol. The van der Waals surface area contributed by atoms with Crippen LogP contribution in [0.25, 0.3) is 0 Å². The fourth-order valence-corrected chi connectivity index (χ4v) is 1.83. The molecule has 5 heteroatoms. The topological polar surface area (TPSA) is 44.4 Å². The van der Waals surface area contributed by atoms with Crippen molar-refractivity contribution in [3.8, 4) is 0 Å². The maximum atomic E-state index is 11.6. The molecule has 0 aliphatic carbocycles. The second kappa shape index (κ2) is 7.90. The van der Waals surface area contributed by atoms with Gasteiger partial charge in [0.1, 0.15) is 0 Å². The minimum absolute atomic E-state index is 0. The molecule has 1 fully saturated rings. The smallest absolute Gasteiger partial charge is 0.220 e. The molecule has 0 atom stereocenters. The van der Waals surface area contributed by atoms with Gasteiger partial charge in [0.05, 0.1) is 0 Å². The molecule has 1 aliphatic heterocycles. The fraction of sp³-hybridized carbons (Fsp3) is 0.917. The van der Waals surface area contributed by atoms with Crippen LogP contribution in [-0.4, -0.2) is 50.1 Å². The summed E-state index contributed by atoms with van der Waals surface area (Å²) in [6.45, 7) is 12.3. The van der Waals surface area contributed by atoms with Gasteiger partial charge >= 0.3 is 0 Å². The van der Waals surface area contributed by atoms with Crippen LogP contribution in [0.5, 0.6) is 0 Å². The highest BCUT2D eigenvalue weighted by molar-refractivity contribution is 5.85. The SMILES string of the molecule is CC(C)(C)CC(=O)NCCN1CCNCC1.Cl. The second-order valence-electron chi connectivity index (χ2n) is 5.68. The van der Waals surface area contributed by atoms with Gasteiger partial charge in [0.25, 0.3) is 0 Å². The molecule has 0 bridgehead atoms. The number of carbonyl (C=O) groups excluding carboxylic acids is 1. The minimum Gasteiger partial charge on any atom is -0.355 e. The summed E-state index contributed by atoms with van der Waals surface area (Å²) in [6.07, 6.45) is 0.606. The first-order valence-electron chi connectivity index (χ1n) is 6.17. The van der Waals surface area contributed by atoms with Crippen LogP contribution in [0.1, 0.15) is 27.2 Å². The summed E-state index contributed by atoms with van der Waals surface area (Å²) in [6, 6.07) is 0. The average Bonchev–Trinajstić information content (AvgIpc) is 2.16. The van der Waals surface area contributed by atoms with Crippen molar-refractivity contribution in [2.45, 2.75) is 27.2 Å². The highest BCUT2D eigenvalue weighted by Crippen LogP contribution is 2.17. The molecule has 1 rings (SSSR count). The second-order valence-corrected chi connectivity index (χ2v) is 5.68. The largest absolute Gasteiger partial charge is 0.355 e. The van der Waals surface area contributed by atoms with Crippen molar-refractivity contribution in [1.82, 2.24) is 15.5 Å². The minimum atomic E-state index is 0. The number of halogens is 1. The summed E-state index contributed by atoms with van der Waals surface area (Å²) in [5, 5.41) is 6.30. The van der Waals surface area contributed by atoms with Crippen LogP contribution in [0.3, 0.4) is 0 Å². The lowest BCUT2D eigenvalue weighted by atomic mass is 9.92. The van der Waals surface area contributed by atoms with Gasteiger partial charge in [0.15, 0.2) is 0 Å². The van der Waals surface area contributed by atoms with Crippen molar-refractivity contribution in [3.05, 3.63) is 0 Å². The van der Waals surface area contributed by atoms with Crippen LogP contribution in [0.2, 0.25) is 0 Å². The zero-order chi connectivity index (χ0) is 12.0. The Balaban J connectivity index is 0.00000256. The van der Waals surface area contributed by atoms with Crippen LogP contribution >= 0.6 is 12.4 Å². The van der Waals surface area contributed by atoms with E-state index in [1.54, 1.807) is 0 Å². The summed E-state index contributed by atoms with van der Waals surface area (Å²) in [5.41, 5.74) is 0.0825. The van der Waals surface area contributed by atoms with E-state index in [2.05, 4.69) is 36.3 Å². The summed E-state index contributed by atoms with van der Waals surface area (Å²) < 4.78 is 0. The van der Waals surface area contributed by atoms with Crippen molar-refractivity contribution in [2.24, 2.45) is 5.41 Å². The van der Waals surface area contributed by atoms with Gasteiger partial charge in [0, 0.05) is 45.7 Å². The lowest BCUT2D eigenvalue weighted by Crippen LogP contribution is -2.46. The van der Waals surface area contributed by atoms with Gasteiger partial charge in [-0.2, -0.15) is 0 Å². The maximum absolute atomic E-state index is 11.6. The number of nitrogens with one attached hydrogen (secondary N) is 2. The molecule has 0 saturated carbocycles. The van der Waals surface area contributed by atoms with Gasteiger partial charge < -0.3 is 10.6 Å². The monoisotopic (exact) mass is 263 g/mol. The molecule has 1 amide bonds. The Morgan fingerprint density at radius 2 is 1.88 bits per heavy atom. The average molecular weight is 264 g/mol. The Morgan fingerprint density at radius 1 is 1.29 bits per heavy atom. The number of piperazine rings is 1. The third kappa shape index (κ3) is 8.41. The van der Waals surface area contributed by atoms with Crippen LogP contribution in [-0.2, 0) is 4.79 Å². The van der Waals surface area contributed by atoms with Gasteiger partial charge in [0.2, 0.25) is 5.91 Å². The number of nitrogens with zero attached hydrogens (tertiary/aromatic N) is 1. The fourth-order valence-electron chi connectivity index (χ4n) is 1.83. The van der Waals surface area contributed by atoms with E-state index in [1.807, 2.05) is 0 Å². The number of carbonyl (C=O) groups is 1. The van der Waals surface area contributed by atoms with E-state index in [0.717, 1.165) is 39.3 Å². The lowest BCUT2D eigenvalue weighted by molar-refractivity contribution is -0.122. The van der Waals surface area contributed by atoms with Crippen molar-refractivity contribution in [3.63, 3.8) is 0 Å². The highest BCUT2D eigenvalue weighted by atomic mass is 35.5. The Kier molecular flexibility index (Phi) is 7.75. The molecule has 1 aliphatic rings. The Bertz CT molecular complexity index is 222. The predicted octanol–water partition coefficient (Wildman–Crippen LogP) is 0.866. The Morgan fingerprint density at radius 3 is 2.41 bits per heavy atom. The number of hydrogen-bond acceptors (Lipinski definition) is 3. The van der Waals surface area contributed by atoms with E-state index in [4.69, 9.17) is 0 Å². The molecule has 4 nitrogen and oxygen atoms in total. The zero-order valence-corrected chi connectivity index (χ0v) is 12.0. The molecule has 102 valence electrons. The summed E-state index contributed by atoms with van der Waals surface area (Å²) >= 11 is 0. The van der Waals surface area contributed by atoms with Crippen molar-refractivity contribution in [2.75, 3.05) is 39.3 Å². The number of hydrogen-bond donors (Lipinski definition) is 2. The third-order valence-electron chi connectivity index (χ3n) is 2.65. The van der Waals surface area contributed by atoms with E-state index in [1.165, 1.54) is 0 Å². The summed E-state index contributed by atoms with van der Waals surface area (Å²) in [7, 11) is 0. The van der Waals surface area contributed by atoms with E-state index in [0.29, 0.717) is 6.42 Å². The lowest BCUT2D eigenvalue weighted by Gasteiger charge is -2.27. The summed E-state index contributed by atoms with van der Waals surface area (Å²) in [5.74, 6) is 0.169. The van der Waals surface area contributed by atoms with Crippen LogP contribution in [0.4, 0.5) is 0 Å². The first-order chi connectivity index (χ1) is 7.47. The summed E-state index contributed by atoms with van der Waals surface area (Å²) in [4.78, 5) is 13.9. The Hall–Kier alpha value is -0.320. The molecule has 2 N–H and O–H groups in total. The third-order valence-corrected chi connectivity index (χ3v) is 2.65. The molecule has 0 spiro atoms. The molecule has 0 unspecified atom stereocenters. The molecular formula is C12H26ClN3O. The molecule has 0 radical (unpaired) electrons.